The molecular formula is C2H7BrNO3P. The van der Waals surface area contributed by atoms with Crippen LogP contribution in [0.25, 0.3) is 0 Å². The van der Waals surface area contributed by atoms with Crippen LogP contribution in [-0.2, 0) is 4.57 Å². The first-order chi connectivity index (χ1) is 3.48. The van der Waals surface area contributed by atoms with Gasteiger partial charge in [-0.15, -0.1) is 0 Å². The Morgan fingerprint density at radius 3 is 2.12 bits per heavy atom. The van der Waals surface area contributed by atoms with E-state index in [9.17, 15) is 4.57 Å². The van der Waals surface area contributed by atoms with Gasteiger partial charge in [0.1, 0.15) is 4.57 Å². The largest absolute Gasteiger partial charge is 0.340 e. The smallest absolute Gasteiger partial charge is 0.329 e. The van der Waals surface area contributed by atoms with Gasteiger partial charge in [-0.3, -0.25) is 4.57 Å². The van der Waals surface area contributed by atoms with Crippen LogP contribution in [0.3, 0.4) is 0 Å². The van der Waals surface area contributed by atoms with Crippen LogP contribution in [0.1, 0.15) is 0 Å². The molecule has 1 atom stereocenters. The lowest BCUT2D eigenvalue weighted by molar-refractivity contribution is 0.371. The van der Waals surface area contributed by atoms with E-state index in [0.29, 0.717) is 0 Å². The molecule has 0 aliphatic carbocycles. The average Bonchev–Trinajstić information content (AvgIpc) is 1.62. The molecular weight excluding hydrogens is 197 g/mol. The average molecular weight is 204 g/mol. The van der Waals surface area contributed by atoms with Crippen LogP contribution >= 0.6 is 23.5 Å². The molecule has 50 valence electrons. The Labute approximate surface area is 55.4 Å². The number of rotatable bonds is 2. The normalized spacial score (nSPS) is 16.0. The van der Waals surface area contributed by atoms with Gasteiger partial charge in [0, 0.05) is 6.54 Å². The third kappa shape index (κ3) is 2.79. The van der Waals surface area contributed by atoms with Crippen molar-refractivity contribution in [3.63, 3.8) is 0 Å². The van der Waals surface area contributed by atoms with Crippen molar-refractivity contribution >= 4 is 23.5 Å². The van der Waals surface area contributed by atoms with E-state index in [2.05, 4.69) is 15.9 Å². The summed E-state index contributed by atoms with van der Waals surface area (Å²) in [4.78, 5) is 16.5. The Morgan fingerprint density at radius 1 is 1.75 bits per heavy atom. The highest BCUT2D eigenvalue weighted by molar-refractivity contribution is 9.10. The highest BCUT2D eigenvalue weighted by Gasteiger charge is 2.23. The third-order valence-electron chi connectivity index (χ3n) is 0.559. The van der Waals surface area contributed by atoms with Crippen molar-refractivity contribution in [2.75, 3.05) is 6.54 Å². The minimum Gasteiger partial charge on any atom is -0.329 e. The maximum absolute atomic E-state index is 10.1. The molecule has 0 bridgehead atoms. The molecule has 0 aromatic rings. The molecule has 0 amide bonds. The van der Waals surface area contributed by atoms with Crippen LogP contribution < -0.4 is 5.73 Å². The molecule has 6 heteroatoms. The van der Waals surface area contributed by atoms with Crippen LogP contribution in [-0.4, -0.2) is 20.9 Å². The first-order valence-electron chi connectivity index (χ1n) is 1.88. The van der Waals surface area contributed by atoms with Crippen molar-refractivity contribution in [2.24, 2.45) is 5.73 Å². The molecule has 0 spiro atoms. The number of alkyl halides is 1. The first kappa shape index (κ1) is 8.59. The molecule has 0 rings (SSSR count). The molecule has 0 aromatic heterocycles. The Balaban J connectivity index is 3.82. The highest BCUT2D eigenvalue weighted by atomic mass is 79.9. The van der Waals surface area contributed by atoms with Gasteiger partial charge < -0.3 is 15.5 Å². The summed E-state index contributed by atoms with van der Waals surface area (Å²) >= 11 is 2.71. The maximum Gasteiger partial charge on any atom is 0.340 e. The van der Waals surface area contributed by atoms with E-state index in [1.807, 2.05) is 0 Å². The fraction of sp³-hybridized carbons (Fsp3) is 1.00. The molecule has 0 aromatic carbocycles. The minimum atomic E-state index is -3.97. The summed E-state index contributed by atoms with van der Waals surface area (Å²) in [5.41, 5.74) is 4.92. The van der Waals surface area contributed by atoms with Crippen molar-refractivity contribution in [1.82, 2.24) is 0 Å². The van der Waals surface area contributed by atoms with Crippen LogP contribution in [0.2, 0.25) is 0 Å². The molecule has 0 aliphatic heterocycles. The Hall–Kier alpha value is 0.590. The predicted molar refractivity (Wildman–Crippen MR) is 33.8 cm³/mol. The van der Waals surface area contributed by atoms with E-state index in [0.717, 1.165) is 0 Å². The second-order valence-corrected chi connectivity index (χ2v) is 4.87. The summed E-state index contributed by atoms with van der Waals surface area (Å²) in [6.07, 6.45) is 0. The molecule has 4 nitrogen and oxygen atoms in total. The van der Waals surface area contributed by atoms with Gasteiger partial charge >= 0.3 is 7.60 Å². The molecule has 0 heterocycles. The molecule has 0 fully saturated rings. The molecule has 0 unspecified atom stereocenters. The first-order valence-corrected chi connectivity index (χ1v) is 4.47. The van der Waals surface area contributed by atoms with Gasteiger partial charge in [0.05, 0.1) is 0 Å². The standard InChI is InChI=1S/C2H7BrNO3P/c3-2(1-4)8(5,6)7/h2H,1,4H2,(H2,5,6,7)/t2-/m1/s1. The minimum absolute atomic E-state index is 0.0513. The fourth-order valence-corrected chi connectivity index (χ4v) is 0.412. The van der Waals surface area contributed by atoms with Gasteiger partial charge in [0.25, 0.3) is 0 Å². The summed E-state index contributed by atoms with van der Waals surface area (Å²) in [6, 6.07) is 0. The van der Waals surface area contributed by atoms with Crippen molar-refractivity contribution in [1.29, 1.82) is 0 Å². The van der Waals surface area contributed by atoms with Crippen molar-refractivity contribution in [2.45, 2.75) is 4.57 Å². The van der Waals surface area contributed by atoms with E-state index in [-0.39, 0.29) is 6.54 Å². The zero-order chi connectivity index (χ0) is 6.78. The monoisotopic (exact) mass is 203 g/mol. The molecule has 4 N–H and O–H groups in total. The summed E-state index contributed by atoms with van der Waals surface area (Å²) in [5, 5.41) is 0. The fourth-order valence-electron chi connectivity index (χ4n) is 0.137. The highest BCUT2D eigenvalue weighted by Crippen LogP contribution is 2.43. The lowest BCUT2D eigenvalue weighted by Gasteiger charge is -2.06. The number of nitrogens with two attached hydrogens (primary N) is 1. The number of hydrogen-bond acceptors (Lipinski definition) is 2. The van der Waals surface area contributed by atoms with Crippen molar-refractivity contribution in [3.8, 4) is 0 Å². The topological polar surface area (TPSA) is 83.6 Å². The number of halogens is 1. The van der Waals surface area contributed by atoms with Gasteiger partial charge in [-0.1, -0.05) is 15.9 Å². The van der Waals surface area contributed by atoms with Gasteiger partial charge in [0.2, 0.25) is 0 Å². The van der Waals surface area contributed by atoms with E-state index in [1.54, 1.807) is 0 Å². The zero-order valence-corrected chi connectivity index (χ0v) is 6.47. The van der Waals surface area contributed by atoms with E-state index < -0.39 is 12.2 Å². The Kier molecular flexibility index (Phi) is 3.16. The quantitative estimate of drug-likeness (QED) is 0.431. The summed E-state index contributed by atoms with van der Waals surface area (Å²) in [6.45, 7) is -0.0513. The Bertz CT molecular complexity index is 112. The van der Waals surface area contributed by atoms with Crippen LogP contribution in [0.15, 0.2) is 0 Å². The van der Waals surface area contributed by atoms with Gasteiger partial charge in [-0.2, -0.15) is 0 Å². The summed E-state index contributed by atoms with van der Waals surface area (Å²) < 4.78 is 9.24. The van der Waals surface area contributed by atoms with E-state index in [4.69, 9.17) is 15.5 Å². The lowest BCUT2D eigenvalue weighted by Crippen LogP contribution is -2.13. The molecule has 0 saturated heterocycles. The van der Waals surface area contributed by atoms with Crippen molar-refractivity contribution in [3.05, 3.63) is 0 Å². The van der Waals surface area contributed by atoms with Crippen LogP contribution in [0, 0.1) is 0 Å². The van der Waals surface area contributed by atoms with Gasteiger partial charge in [0.15, 0.2) is 0 Å². The van der Waals surface area contributed by atoms with Crippen molar-refractivity contribution < 1.29 is 14.4 Å². The lowest BCUT2D eigenvalue weighted by atomic mass is 10.8. The van der Waals surface area contributed by atoms with Crippen LogP contribution in [0.4, 0.5) is 0 Å². The number of hydrogen-bond donors (Lipinski definition) is 3. The van der Waals surface area contributed by atoms with Gasteiger partial charge in [-0.05, 0) is 0 Å². The van der Waals surface area contributed by atoms with Crippen LogP contribution in [0.5, 0.6) is 0 Å². The Morgan fingerprint density at radius 2 is 2.12 bits per heavy atom. The predicted octanol–water partition coefficient (Wildman–Crippen LogP) is -0.156. The summed E-state index contributed by atoms with van der Waals surface area (Å²) in [5.74, 6) is 0. The zero-order valence-electron chi connectivity index (χ0n) is 3.99. The van der Waals surface area contributed by atoms with E-state index in [1.165, 1.54) is 0 Å². The van der Waals surface area contributed by atoms with E-state index >= 15 is 0 Å². The third-order valence-corrected chi connectivity index (χ3v) is 3.47. The molecule has 8 heavy (non-hydrogen) atoms. The molecule has 0 aliphatic rings. The molecule has 0 radical (unpaired) electrons. The SMILES string of the molecule is NC[C@H](Br)P(=O)(O)O. The maximum atomic E-state index is 10.1. The summed E-state index contributed by atoms with van der Waals surface area (Å²) in [7, 11) is -3.97. The molecule has 0 saturated carbocycles. The second kappa shape index (κ2) is 2.94. The van der Waals surface area contributed by atoms with Gasteiger partial charge in [-0.25, -0.2) is 0 Å². The second-order valence-electron chi connectivity index (χ2n) is 1.26.